The molecule has 0 bridgehead atoms. The smallest absolute Gasteiger partial charge is 1.00 e. The summed E-state index contributed by atoms with van der Waals surface area (Å²) in [5, 5.41) is 0. The monoisotopic (exact) mass is 708 g/mol. The van der Waals surface area contributed by atoms with Crippen LogP contribution in [-0.4, -0.2) is 25.4 Å². The van der Waals surface area contributed by atoms with E-state index in [-0.39, 0.29) is 101 Å². The fourth-order valence-corrected chi connectivity index (χ4v) is 7.18. The van der Waals surface area contributed by atoms with Crippen LogP contribution in [0.2, 0.25) is 0 Å². The van der Waals surface area contributed by atoms with Crippen molar-refractivity contribution in [2.75, 3.05) is 14.2 Å². The van der Waals surface area contributed by atoms with Crippen molar-refractivity contribution in [3.63, 3.8) is 0 Å². The van der Waals surface area contributed by atoms with Crippen LogP contribution in [0.4, 0.5) is 0 Å². The van der Waals surface area contributed by atoms with Crippen molar-refractivity contribution >= 4 is 0 Å². The Bertz CT molecular complexity index is 1110. The Labute approximate surface area is 312 Å². The Balaban J connectivity index is 0. The van der Waals surface area contributed by atoms with Gasteiger partial charge in [0.25, 0.3) is 0 Å². The molecule has 0 fully saturated rings. The number of hydrogen-bond acceptors (Lipinski definition) is 2. The Morgan fingerprint density at radius 1 is 0.568 bits per heavy atom. The zero-order chi connectivity index (χ0) is 30.0. The van der Waals surface area contributed by atoms with Crippen LogP contribution >= 0.6 is 0 Å². The van der Waals surface area contributed by atoms with Crippen molar-refractivity contribution in [2.45, 2.75) is 106 Å². The molecule has 0 N–H and O–H groups in total. The first-order chi connectivity index (χ1) is 18.5. The van der Waals surface area contributed by atoms with Gasteiger partial charge in [-0.05, 0) is 45.6 Å². The topological polar surface area (TPSA) is 18.5 Å². The van der Waals surface area contributed by atoms with Crippen LogP contribution in [0.15, 0.2) is 83.1 Å². The average molecular weight is 709 g/mol. The first-order valence-electron chi connectivity index (χ1n) is 14.9. The van der Waals surface area contributed by atoms with E-state index in [1.54, 1.807) is 0 Å². The second-order valence-corrected chi connectivity index (χ2v) is 14.6. The fraction of sp³-hybridized carbons (Fsp3) is 0.579. The van der Waals surface area contributed by atoms with Crippen LogP contribution in [0.5, 0.6) is 0 Å². The molecule has 0 aromatic heterocycles. The predicted octanol–water partition coefficient (Wildman–Crippen LogP) is 4.04. The van der Waals surface area contributed by atoms with Crippen molar-refractivity contribution in [2.24, 2.45) is 21.7 Å². The minimum Gasteiger partial charge on any atom is -1.00 e. The number of rotatable bonds is 6. The molecule has 0 heterocycles. The average Bonchev–Trinajstić information content (AvgIpc) is 3.63. The maximum atomic E-state index is 6.18. The molecule has 0 aromatic rings. The van der Waals surface area contributed by atoms with Crippen LogP contribution in [0.3, 0.4) is 0 Å². The van der Waals surface area contributed by atoms with Crippen molar-refractivity contribution in [3.8, 4) is 0 Å². The Hall–Kier alpha value is -0.151. The molecule has 240 valence electrons. The number of halogens is 2. The molecule has 4 aliphatic carbocycles. The molecule has 0 radical (unpaired) electrons. The third-order valence-electron chi connectivity index (χ3n) is 9.55. The summed E-state index contributed by atoms with van der Waals surface area (Å²) in [5.41, 5.74) is 4.66. The van der Waals surface area contributed by atoms with Crippen LogP contribution in [0.25, 0.3) is 0 Å². The molecule has 4 rings (SSSR count). The van der Waals surface area contributed by atoms with Gasteiger partial charge in [-0.2, -0.15) is 12.2 Å². The third-order valence-corrected chi connectivity index (χ3v) is 9.55. The summed E-state index contributed by atoms with van der Waals surface area (Å²) in [4.78, 5) is 0. The predicted molar refractivity (Wildman–Crippen MR) is 171 cm³/mol. The minimum atomic E-state index is -0.295. The molecule has 0 saturated heterocycles. The molecule has 2 atom stereocenters. The number of hydrogen-bond donors (Lipinski definition) is 0. The van der Waals surface area contributed by atoms with Crippen LogP contribution in [-0.2, 0) is 52.9 Å². The van der Waals surface area contributed by atoms with E-state index in [0.29, 0.717) is 0 Å². The maximum Gasteiger partial charge on any atom is 2.00 e. The van der Waals surface area contributed by atoms with Gasteiger partial charge in [0.2, 0.25) is 0 Å². The Kier molecular flexibility index (Phi) is 18.1. The third kappa shape index (κ3) is 8.65. The molecular weight excluding hydrogens is 655 g/mol. The van der Waals surface area contributed by atoms with Gasteiger partial charge < -0.3 is 34.3 Å². The van der Waals surface area contributed by atoms with Crippen LogP contribution in [0, 0.1) is 33.8 Å². The summed E-state index contributed by atoms with van der Waals surface area (Å²) in [5.74, 6) is 0. The van der Waals surface area contributed by atoms with Gasteiger partial charge in [-0.3, -0.25) is 12.2 Å². The summed E-state index contributed by atoms with van der Waals surface area (Å²) in [7, 11) is 3.69. The standard InChI is InChI=1S/2C19H27O.2ClH.2Ti/c2*1-17(2,3)16-13-9-10-14-19(16,20-6)18(4,5)15-11-7-8-12-15;;;;/h2*7,9-11,13H,8,14H2,1-6H3;2*1H;;/q2*-1;;;2*+2/p-2. The molecular formula is C38H54Cl2O2Ti2. The second kappa shape index (κ2) is 17.3. The quantitative estimate of drug-likeness (QED) is 0.307. The van der Waals surface area contributed by atoms with Gasteiger partial charge in [0.1, 0.15) is 0 Å². The van der Waals surface area contributed by atoms with Gasteiger partial charge in [-0.25, -0.2) is 23.3 Å². The van der Waals surface area contributed by atoms with E-state index in [1.807, 2.05) is 14.2 Å². The molecule has 0 aliphatic heterocycles. The van der Waals surface area contributed by atoms with Gasteiger partial charge in [0.15, 0.2) is 0 Å². The zero-order valence-electron chi connectivity index (χ0n) is 29.2. The molecule has 6 heteroatoms. The van der Waals surface area contributed by atoms with E-state index >= 15 is 0 Å². The molecule has 0 spiro atoms. The summed E-state index contributed by atoms with van der Waals surface area (Å²) in [6.07, 6.45) is 32.7. The number of allylic oxidation sites excluding steroid dienone is 10. The number of methoxy groups -OCH3 is 2. The van der Waals surface area contributed by atoms with E-state index in [4.69, 9.17) is 9.47 Å². The molecule has 4 aliphatic rings. The first kappa shape index (κ1) is 46.0. The minimum absolute atomic E-state index is 0. The summed E-state index contributed by atoms with van der Waals surface area (Å²) >= 11 is 0. The molecule has 2 unspecified atom stereocenters. The van der Waals surface area contributed by atoms with Crippen molar-refractivity contribution in [1.29, 1.82) is 0 Å². The van der Waals surface area contributed by atoms with E-state index in [1.165, 1.54) is 22.3 Å². The largest absolute Gasteiger partial charge is 2.00 e. The van der Waals surface area contributed by atoms with E-state index in [9.17, 15) is 0 Å². The second-order valence-electron chi connectivity index (χ2n) is 14.6. The fourth-order valence-electron chi connectivity index (χ4n) is 7.18. The summed E-state index contributed by atoms with van der Waals surface area (Å²) < 4.78 is 12.4. The van der Waals surface area contributed by atoms with E-state index in [0.717, 1.165) is 25.7 Å². The normalized spacial score (nSPS) is 24.3. The SMILES string of the molecule is COC1(C(C)(C)C2=[C-]CC=C2)CC=CC=C1C(C)(C)C.COC1(C(C)(C)C2=[C-]CC=C2)CC=CC=C1C(C)(C)C.[Cl-].[Cl-].[Ti+2].[Ti+2]. The van der Waals surface area contributed by atoms with E-state index < -0.39 is 0 Å². The first-order valence-corrected chi connectivity index (χ1v) is 14.9. The van der Waals surface area contributed by atoms with Crippen LogP contribution in [0.1, 0.15) is 94.9 Å². The molecule has 0 aromatic carbocycles. The zero-order valence-corrected chi connectivity index (χ0v) is 33.8. The van der Waals surface area contributed by atoms with Gasteiger partial charge in [-0.1, -0.05) is 106 Å². The van der Waals surface area contributed by atoms with Crippen LogP contribution < -0.4 is 24.8 Å². The number of ether oxygens (including phenoxy) is 2. The Morgan fingerprint density at radius 3 is 1.11 bits per heavy atom. The van der Waals surface area contributed by atoms with Gasteiger partial charge >= 0.3 is 43.4 Å². The van der Waals surface area contributed by atoms with Crippen molar-refractivity contribution in [3.05, 3.63) is 95.2 Å². The van der Waals surface area contributed by atoms with Gasteiger partial charge in [0.05, 0.1) is 11.2 Å². The van der Waals surface area contributed by atoms with Gasteiger partial charge in [-0.15, -0.1) is 12.8 Å². The van der Waals surface area contributed by atoms with E-state index in [2.05, 4.69) is 142 Å². The van der Waals surface area contributed by atoms with Crippen molar-refractivity contribution < 1.29 is 77.7 Å². The van der Waals surface area contributed by atoms with Gasteiger partial charge in [0, 0.05) is 14.2 Å². The summed E-state index contributed by atoms with van der Waals surface area (Å²) in [6, 6.07) is 0. The molecule has 2 nitrogen and oxygen atoms in total. The van der Waals surface area contributed by atoms with Crippen molar-refractivity contribution in [1.82, 2.24) is 0 Å². The molecule has 44 heavy (non-hydrogen) atoms. The Morgan fingerprint density at radius 2 is 0.886 bits per heavy atom. The summed E-state index contributed by atoms with van der Waals surface area (Å²) in [6.45, 7) is 22.7. The molecule has 0 amide bonds. The molecule has 0 saturated carbocycles. The maximum absolute atomic E-state index is 6.18.